The average molecular weight is 523 g/mol. The van der Waals surface area contributed by atoms with E-state index in [1.807, 2.05) is 12.1 Å². The maximum Gasteiger partial charge on any atom is 0.417 e. The van der Waals surface area contributed by atoms with E-state index in [1.165, 1.54) is 12.1 Å². The summed E-state index contributed by atoms with van der Waals surface area (Å²) in [6.07, 6.45) is 5.86. The molecule has 0 saturated heterocycles. The molecule has 1 heterocycles. The van der Waals surface area contributed by atoms with Crippen LogP contribution in [0.25, 0.3) is 17.3 Å². The van der Waals surface area contributed by atoms with Gasteiger partial charge in [0.15, 0.2) is 0 Å². The van der Waals surface area contributed by atoms with Crippen molar-refractivity contribution in [2.75, 3.05) is 6.61 Å². The zero-order chi connectivity index (χ0) is 26.5. The predicted octanol–water partition coefficient (Wildman–Crippen LogP) is 7.24. The fourth-order valence-electron chi connectivity index (χ4n) is 6.23. The normalized spacial score (nSPS) is 24.8. The summed E-state index contributed by atoms with van der Waals surface area (Å²) in [5, 5.41) is 4.10. The van der Waals surface area contributed by atoms with Gasteiger partial charge in [-0.2, -0.15) is 13.2 Å². The van der Waals surface area contributed by atoms with Gasteiger partial charge in [-0.3, -0.25) is 4.79 Å². The van der Waals surface area contributed by atoms with E-state index in [2.05, 4.69) is 11.2 Å². The minimum atomic E-state index is -4.47. The number of carbonyl (C=O) groups is 1. The van der Waals surface area contributed by atoms with Gasteiger partial charge in [-0.05, 0) is 80.0 Å². The second-order valence-electron chi connectivity index (χ2n) is 11.1. The molecule has 1 amide bonds. The smallest absolute Gasteiger partial charge is 0.417 e. The molecule has 1 spiro atoms. The van der Waals surface area contributed by atoms with Gasteiger partial charge in [0, 0.05) is 22.6 Å². The first kappa shape index (κ1) is 24.8. The van der Waals surface area contributed by atoms with Crippen molar-refractivity contribution in [2.45, 2.75) is 50.6 Å². The van der Waals surface area contributed by atoms with E-state index in [0.29, 0.717) is 46.5 Å². The summed E-state index contributed by atoms with van der Waals surface area (Å²) < 4.78 is 52.5. The number of halogens is 3. The number of allylic oxidation sites excluding steroid dienone is 1. The quantitative estimate of drug-likeness (QED) is 0.338. The van der Waals surface area contributed by atoms with Crippen molar-refractivity contribution in [1.29, 1.82) is 0 Å². The number of carbonyl (C=O) groups excluding carboxylic acids is 1. The zero-order valence-electron chi connectivity index (χ0n) is 20.8. The molecule has 38 heavy (non-hydrogen) atoms. The molecule has 0 unspecified atom stereocenters. The zero-order valence-corrected chi connectivity index (χ0v) is 20.8. The van der Waals surface area contributed by atoms with Crippen molar-refractivity contribution in [3.8, 4) is 17.0 Å². The lowest BCUT2D eigenvalue weighted by Crippen LogP contribution is -2.48. The highest BCUT2D eigenvalue weighted by atomic mass is 19.4. The minimum absolute atomic E-state index is 0.0589. The summed E-state index contributed by atoms with van der Waals surface area (Å²) in [6.45, 7) is 0.609. The minimum Gasteiger partial charge on any atom is -0.493 e. The first-order valence-corrected chi connectivity index (χ1v) is 13.1. The fraction of sp³-hybridized carbons (Fsp3) is 0.400. The maximum absolute atomic E-state index is 13.7. The summed E-state index contributed by atoms with van der Waals surface area (Å²) in [6, 6.07) is 12.5. The summed E-state index contributed by atoms with van der Waals surface area (Å²) in [7, 11) is 0. The monoisotopic (exact) mass is 522 g/mol. The molecule has 0 bridgehead atoms. The molecule has 3 saturated carbocycles. The third-order valence-corrected chi connectivity index (χ3v) is 8.16. The number of rotatable bonds is 8. The van der Waals surface area contributed by atoms with Crippen LogP contribution in [0.5, 0.6) is 5.75 Å². The van der Waals surface area contributed by atoms with Crippen molar-refractivity contribution in [1.82, 2.24) is 5.16 Å². The van der Waals surface area contributed by atoms with Crippen molar-refractivity contribution in [3.63, 3.8) is 0 Å². The predicted molar refractivity (Wildman–Crippen MR) is 136 cm³/mol. The van der Waals surface area contributed by atoms with E-state index in [1.54, 1.807) is 24.3 Å². The number of hydrogen-bond donors (Lipinski definition) is 1. The van der Waals surface area contributed by atoms with Crippen LogP contribution in [0.4, 0.5) is 13.2 Å². The van der Waals surface area contributed by atoms with E-state index < -0.39 is 17.6 Å². The average Bonchev–Trinajstić information content (AvgIpc) is 3.60. The van der Waals surface area contributed by atoms with Gasteiger partial charge in [-0.25, -0.2) is 0 Å². The number of benzene rings is 2. The van der Waals surface area contributed by atoms with E-state index in [4.69, 9.17) is 15.0 Å². The topological polar surface area (TPSA) is 78.4 Å². The molecule has 2 aromatic carbocycles. The Kier molecular flexibility index (Phi) is 6.08. The van der Waals surface area contributed by atoms with Crippen molar-refractivity contribution < 1.29 is 27.2 Å². The summed E-state index contributed by atoms with van der Waals surface area (Å²) in [5.74, 6) is 1.97. The molecule has 6 rings (SSSR count). The molecule has 0 radical (unpaired) electrons. The van der Waals surface area contributed by atoms with Crippen molar-refractivity contribution in [3.05, 3.63) is 77.1 Å². The number of nitrogens with two attached hydrogens (primary N) is 1. The molecule has 3 aliphatic carbocycles. The molecule has 0 atom stereocenters. The van der Waals surface area contributed by atoms with Crippen molar-refractivity contribution in [2.24, 2.45) is 23.0 Å². The van der Waals surface area contributed by atoms with Gasteiger partial charge in [0.1, 0.15) is 17.2 Å². The first-order chi connectivity index (χ1) is 18.2. The van der Waals surface area contributed by atoms with Crippen LogP contribution in [0.3, 0.4) is 0 Å². The first-order valence-electron chi connectivity index (χ1n) is 13.1. The second-order valence-corrected chi connectivity index (χ2v) is 11.1. The summed E-state index contributed by atoms with van der Waals surface area (Å²) in [5.41, 5.74) is 6.42. The van der Waals surface area contributed by atoms with E-state index >= 15 is 0 Å². The molecule has 1 aromatic heterocycles. The Labute approximate surface area is 218 Å². The number of amides is 1. The summed E-state index contributed by atoms with van der Waals surface area (Å²) in [4.78, 5) is 11.4. The summed E-state index contributed by atoms with van der Waals surface area (Å²) >= 11 is 0. The van der Waals surface area contributed by atoms with Gasteiger partial charge >= 0.3 is 6.18 Å². The number of alkyl halides is 3. The molecular formula is C30H29F3N2O3. The Morgan fingerprint density at radius 3 is 2.58 bits per heavy atom. The SMILES string of the molecule is NC(=O)c1cccc(OCC2CC3(CC(C=Cc4c(-c5ccccc5C(F)(F)F)noc4C4CC4)C3)C2)c1. The van der Waals surface area contributed by atoms with Crippen molar-refractivity contribution >= 4 is 12.0 Å². The van der Waals surface area contributed by atoms with Crippen LogP contribution in [0, 0.1) is 17.3 Å². The van der Waals surface area contributed by atoms with Crippen LogP contribution in [-0.2, 0) is 6.18 Å². The molecular weight excluding hydrogens is 493 g/mol. The molecule has 2 N–H and O–H groups in total. The standard InChI is InChI=1S/C30H29F3N2O3/c31-30(32,33)25-7-2-1-6-23(25)26-24(27(38-35-26)20-9-10-20)11-8-18-13-29(14-18)15-19(16-29)17-37-22-5-3-4-21(12-22)28(34)36/h1-8,11-12,18-20H,9-10,13-17H2,(H2,34,36). The van der Waals surface area contributed by atoms with Crippen LogP contribution in [0.1, 0.15) is 71.7 Å². The van der Waals surface area contributed by atoms with Gasteiger partial charge in [-0.1, -0.05) is 41.6 Å². The number of nitrogens with zero attached hydrogens (tertiary/aromatic N) is 1. The van der Waals surface area contributed by atoms with E-state index in [-0.39, 0.29) is 17.2 Å². The van der Waals surface area contributed by atoms with Crippen LogP contribution >= 0.6 is 0 Å². The van der Waals surface area contributed by atoms with E-state index in [0.717, 1.165) is 44.6 Å². The van der Waals surface area contributed by atoms with Gasteiger partial charge in [0.25, 0.3) is 0 Å². The highest BCUT2D eigenvalue weighted by molar-refractivity contribution is 5.93. The number of ether oxygens (including phenoxy) is 1. The molecule has 5 nitrogen and oxygen atoms in total. The highest BCUT2D eigenvalue weighted by Crippen LogP contribution is 2.61. The lowest BCUT2D eigenvalue weighted by atomic mass is 9.48. The largest absolute Gasteiger partial charge is 0.493 e. The van der Waals surface area contributed by atoms with Gasteiger partial charge in [0.2, 0.25) is 5.91 Å². The third kappa shape index (κ3) is 4.84. The Hall–Kier alpha value is -3.55. The number of primary amides is 1. The molecule has 3 fully saturated rings. The van der Waals surface area contributed by atoms with Gasteiger partial charge in [0.05, 0.1) is 12.2 Å². The number of hydrogen-bond acceptors (Lipinski definition) is 4. The van der Waals surface area contributed by atoms with E-state index in [9.17, 15) is 18.0 Å². The second kappa shape index (κ2) is 9.33. The Morgan fingerprint density at radius 2 is 1.87 bits per heavy atom. The molecule has 0 aliphatic heterocycles. The van der Waals surface area contributed by atoms with Crippen LogP contribution in [-0.4, -0.2) is 17.7 Å². The number of aromatic nitrogens is 1. The fourth-order valence-corrected chi connectivity index (χ4v) is 6.23. The highest BCUT2D eigenvalue weighted by Gasteiger charge is 2.52. The van der Waals surface area contributed by atoms with Crippen LogP contribution in [0.15, 0.2) is 59.1 Å². The third-order valence-electron chi connectivity index (χ3n) is 8.16. The maximum atomic E-state index is 13.7. The molecule has 3 aromatic rings. The Balaban J connectivity index is 1.09. The van der Waals surface area contributed by atoms with Gasteiger partial charge in [-0.15, -0.1) is 0 Å². The lowest BCUT2D eigenvalue weighted by molar-refractivity contribution is -0.137. The molecule has 3 aliphatic rings. The lowest BCUT2D eigenvalue weighted by Gasteiger charge is -2.57. The molecule has 198 valence electrons. The molecule has 8 heteroatoms. The van der Waals surface area contributed by atoms with Gasteiger partial charge < -0.3 is 15.0 Å². The Bertz CT molecular complexity index is 1380. The Morgan fingerprint density at radius 1 is 1.11 bits per heavy atom. The van der Waals surface area contributed by atoms with Crippen LogP contribution in [0.2, 0.25) is 0 Å². The van der Waals surface area contributed by atoms with Crippen LogP contribution < -0.4 is 10.5 Å².